The van der Waals surface area contributed by atoms with Crippen LogP contribution in [-0.4, -0.2) is 25.7 Å². The number of carbonyl (C=O) groups excluding carboxylic acids is 1. The molecule has 0 aliphatic rings. The van der Waals surface area contributed by atoms with E-state index in [1.165, 1.54) is 17.8 Å². The maximum Gasteiger partial charge on any atom is 0.368 e. The molecule has 0 spiro atoms. The Morgan fingerprint density at radius 3 is 2.47 bits per heavy atom. The van der Waals surface area contributed by atoms with Crippen LogP contribution in [0.3, 0.4) is 0 Å². The number of hydrogen-bond acceptors (Lipinski definition) is 4. The van der Waals surface area contributed by atoms with Gasteiger partial charge in [-0.05, 0) is 47.7 Å². The highest BCUT2D eigenvalue weighted by atomic mass is 16.2. The summed E-state index contributed by atoms with van der Waals surface area (Å²) in [6.07, 6.45) is 3.09. The molecule has 2 aromatic rings. The molecule has 0 aliphatic heterocycles. The van der Waals surface area contributed by atoms with Crippen molar-refractivity contribution in [2.24, 2.45) is 7.05 Å². The normalized spacial score (nSPS) is 10.8. The highest BCUT2D eigenvalue weighted by Gasteiger charge is 2.05. The number of hydrogen-bond donors (Lipinski definition) is 1. The van der Waals surface area contributed by atoms with Gasteiger partial charge in [0.1, 0.15) is 0 Å². The number of anilines is 1. The molecule has 1 heterocycles. The summed E-state index contributed by atoms with van der Waals surface area (Å²) in [6, 6.07) is 6.75. The molecule has 1 N–H and O–H groups in total. The van der Waals surface area contributed by atoms with Crippen LogP contribution in [0.5, 0.6) is 0 Å². The van der Waals surface area contributed by atoms with Crippen molar-refractivity contribution in [3.63, 3.8) is 0 Å². The van der Waals surface area contributed by atoms with E-state index in [9.17, 15) is 9.59 Å². The Hall–Kier alpha value is -2.70. The summed E-state index contributed by atoms with van der Waals surface area (Å²) in [5, 5.41) is 10.0. The van der Waals surface area contributed by atoms with Gasteiger partial charge in [0.25, 0.3) is 0 Å². The maximum atomic E-state index is 11.6. The molecule has 0 saturated heterocycles. The van der Waals surface area contributed by atoms with Crippen LogP contribution >= 0.6 is 0 Å². The first kappa shape index (κ1) is 12.7. The molecule has 0 bridgehead atoms. The number of carbonyl (C=O) groups is 1. The first-order chi connectivity index (χ1) is 9.11. The molecular formula is C12H13N5O2. The SMILES string of the molecule is C/C=C/C(=O)Nc1ccc(-n2nnn(C)c2=O)cc1. The van der Waals surface area contributed by atoms with E-state index in [1.54, 1.807) is 37.3 Å². The average Bonchev–Trinajstić information content (AvgIpc) is 2.71. The van der Waals surface area contributed by atoms with Gasteiger partial charge in [0.2, 0.25) is 5.91 Å². The predicted molar refractivity (Wildman–Crippen MR) is 70.0 cm³/mol. The Morgan fingerprint density at radius 2 is 1.95 bits per heavy atom. The number of aromatic nitrogens is 4. The molecule has 7 heteroatoms. The monoisotopic (exact) mass is 259 g/mol. The zero-order valence-electron chi connectivity index (χ0n) is 10.6. The highest BCUT2D eigenvalue weighted by molar-refractivity contribution is 5.99. The van der Waals surface area contributed by atoms with E-state index in [0.717, 1.165) is 4.68 Å². The van der Waals surface area contributed by atoms with Crippen LogP contribution in [0.15, 0.2) is 41.2 Å². The number of amides is 1. The Kier molecular flexibility index (Phi) is 3.56. The van der Waals surface area contributed by atoms with Gasteiger partial charge in [-0.1, -0.05) is 6.08 Å². The van der Waals surface area contributed by atoms with E-state index in [0.29, 0.717) is 11.4 Å². The van der Waals surface area contributed by atoms with Gasteiger partial charge < -0.3 is 5.32 Å². The highest BCUT2D eigenvalue weighted by Crippen LogP contribution is 2.11. The van der Waals surface area contributed by atoms with Gasteiger partial charge in [0, 0.05) is 12.7 Å². The van der Waals surface area contributed by atoms with Crippen molar-refractivity contribution in [1.29, 1.82) is 0 Å². The van der Waals surface area contributed by atoms with Crippen LogP contribution < -0.4 is 11.0 Å². The van der Waals surface area contributed by atoms with Crippen LogP contribution in [0.4, 0.5) is 5.69 Å². The summed E-state index contributed by atoms with van der Waals surface area (Å²) in [7, 11) is 1.53. The second kappa shape index (κ2) is 5.30. The van der Waals surface area contributed by atoms with Crippen LogP contribution in [-0.2, 0) is 11.8 Å². The lowest BCUT2D eigenvalue weighted by Gasteiger charge is -2.03. The van der Waals surface area contributed by atoms with Crippen molar-refractivity contribution in [3.8, 4) is 5.69 Å². The molecule has 1 aromatic carbocycles. The minimum absolute atomic E-state index is 0.202. The van der Waals surface area contributed by atoms with Crippen molar-refractivity contribution < 1.29 is 4.79 Å². The Morgan fingerprint density at radius 1 is 1.26 bits per heavy atom. The first-order valence-electron chi connectivity index (χ1n) is 5.65. The fraction of sp³-hybridized carbons (Fsp3) is 0.167. The molecule has 19 heavy (non-hydrogen) atoms. The van der Waals surface area contributed by atoms with E-state index in [1.807, 2.05) is 0 Å². The summed E-state index contributed by atoms with van der Waals surface area (Å²) in [4.78, 5) is 23.0. The molecule has 1 amide bonds. The number of rotatable bonds is 3. The van der Waals surface area contributed by atoms with E-state index in [-0.39, 0.29) is 11.6 Å². The maximum absolute atomic E-state index is 11.6. The standard InChI is InChI=1S/C12H13N5O2/c1-3-4-11(18)13-9-5-7-10(8-6-9)17-12(19)16(2)14-15-17/h3-8H,1-2H3,(H,13,18)/b4-3+. The minimum Gasteiger partial charge on any atom is -0.323 e. The molecule has 0 atom stereocenters. The molecule has 1 aromatic heterocycles. The summed E-state index contributed by atoms with van der Waals surface area (Å²) in [6.45, 7) is 1.77. The first-order valence-corrected chi connectivity index (χ1v) is 5.65. The predicted octanol–water partition coefficient (Wildman–Crippen LogP) is 0.481. The largest absolute Gasteiger partial charge is 0.368 e. The lowest BCUT2D eigenvalue weighted by molar-refractivity contribution is -0.111. The summed E-state index contributed by atoms with van der Waals surface area (Å²) < 4.78 is 2.32. The second-order valence-electron chi connectivity index (χ2n) is 3.83. The zero-order chi connectivity index (χ0) is 13.8. The van der Waals surface area contributed by atoms with E-state index in [2.05, 4.69) is 15.7 Å². The van der Waals surface area contributed by atoms with Gasteiger partial charge >= 0.3 is 5.69 Å². The lowest BCUT2D eigenvalue weighted by Crippen LogP contribution is -2.21. The zero-order valence-corrected chi connectivity index (χ0v) is 10.6. The van der Waals surface area contributed by atoms with Crippen molar-refractivity contribution >= 4 is 11.6 Å². The fourth-order valence-electron chi connectivity index (χ4n) is 1.50. The third kappa shape index (κ3) is 2.76. The molecule has 0 radical (unpaired) electrons. The van der Waals surface area contributed by atoms with Gasteiger partial charge in [-0.3, -0.25) is 4.79 Å². The molecule has 7 nitrogen and oxygen atoms in total. The van der Waals surface area contributed by atoms with Crippen LogP contribution in [0.2, 0.25) is 0 Å². The number of nitrogens with one attached hydrogen (secondary N) is 1. The van der Waals surface area contributed by atoms with Gasteiger partial charge in [0.15, 0.2) is 0 Å². The Balaban J connectivity index is 2.21. The lowest BCUT2D eigenvalue weighted by atomic mass is 10.3. The van der Waals surface area contributed by atoms with E-state index >= 15 is 0 Å². The summed E-state index contributed by atoms with van der Waals surface area (Å²) in [5.74, 6) is -0.202. The Bertz CT molecular complexity index is 666. The number of aryl methyl sites for hydroxylation is 1. The van der Waals surface area contributed by atoms with Gasteiger partial charge in [-0.15, -0.1) is 0 Å². The Labute approximate surface area is 109 Å². The van der Waals surface area contributed by atoms with E-state index < -0.39 is 0 Å². The number of allylic oxidation sites excluding steroid dienone is 1. The van der Waals surface area contributed by atoms with Crippen molar-refractivity contribution in [2.45, 2.75) is 6.92 Å². The van der Waals surface area contributed by atoms with Crippen LogP contribution in [0.25, 0.3) is 5.69 Å². The number of benzene rings is 1. The fourth-order valence-corrected chi connectivity index (χ4v) is 1.50. The third-order valence-electron chi connectivity index (χ3n) is 2.42. The van der Waals surface area contributed by atoms with Gasteiger partial charge in [-0.25, -0.2) is 4.79 Å². The molecule has 98 valence electrons. The molecule has 2 rings (SSSR count). The van der Waals surface area contributed by atoms with Crippen molar-refractivity contribution in [2.75, 3.05) is 5.32 Å². The number of tetrazole rings is 1. The van der Waals surface area contributed by atoms with E-state index in [4.69, 9.17) is 0 Å². The molecular weight excluding hydrogens is 246 g/mol. The van der Waals surface area contributed by atoms with Crippen LogP contribution in [0, 0.1) is 0 Å². The average molecular weight is 259 g/mol. The quantitative estimate of drug-likeness (QED) is 0.813. The van der Waals surface area contributed by atoms with Gasteiger partial charge in [-0.2, -0.15) is 9.36 Å². The molecule has 0 saturated carbocycles. The topological polar surface area (TPSA) is 81.8 Å². The summed E-state index contributed by atoms with van der Waals surface area (Å²) in [5.41, 5.74) is 0.900. The molecule has 0 fully saturated rings. The van der Waals surface area contributed by atoms with Crippen molar-refractivity contribution in [3.05, 3.63) is 46.9 Å². The third-order valence-corrected chi connectivity index (χ3v) is 2.42. The molecule has 0 aliphatic carbocycles. The molecule has 0 unspecified atom stereocenters. The number of nitrogens with zero attached hydrogens (tertiary/aromatic N) is 4. The smallest absolute Gasteiger partial charge is 0.323 e. The van der Waals surface area contributed by atoms with Gasteiger partial charge in [0.05, 0.1) is 5.69 Å². The second-order valence-corrected chi connectivity index (χ2v) is 3.83. The van der Waals surface area contributed by atoms with Crippen molar-refractivity contribution in [1.82, 2.24) is 19.8 Å². The van der Waals surface area contributed by atoms with Crippen LogP contribution in [0.1, 0.15) is 6.92 Å². The minimum atomic E-state index is -0.328. The summed E-state index contributed by atoms with van der Waals surface area (Å²) >= 11 is 0.